The molecule has 0 spiro atoms. The van der Waals surface area contributed by atoms with Crippen molar-refractivity contribution in [2.75, 3.05) is 0 Å². The number of hydrogen-bond acceptors (Lipinski definition) is 3. The molecule has 1 heterocycles. The molecule has 0 saturated heterocycles. The van der Waals surface area contributed by atoms with Gasteiger partial charge in [-0.15, -0.1) is 0 Å². The molecule has 0 radical (unpaired) electrons. The summed E-state index contributed by atoms with van der Waals surface area (Å²) in [5.74, 6) is -0.914. The average Bonchev–Trinajstić information content (AvgIpc) is 3.12. The van der Waals surface area contributed by atoms with Gasteiger partial charge in [-0.1, -0.05) is 24.3 Å². The highest BCUT2D eigenvalue weighted by Gasteiger charge is 2.26. The number of pyridine rings is 1. The summed E-state index contributed by atoms with van der Waals surface area (Å²) in [6, 6.07) is 11.3. The molecule has 2 amide bonds. The Morgan fingerprint density at radius 3 is 2.62 bits per heavy atom. The number of fused-ring (bicyclic) bond motifs is 1. The van der Waals surface area contributed by atoms with E-state index >= 15 is 0 Å². The van der Waals surface area contributed by atoms with E-state index in [0.29, 0.717) is 12.0 Å². The number of nitrogens with two attached hydrogens (primary N) is 1. The molecule has 0 saturated carbocycles. The van der Waals surface area contributed by atoms with Crippen LogP contribution >= 0.6 is 0 Å². The van der Waals surface area contributed by atoms with Crippen LogP contribution in [-0.4, -0.2) is 16.8 Å². The molecular weight excluding hydrogens is 366 g/mol. The number of aromatic nitrogens is 1. The van der Waals surface area contributed by atoms with E-state index < -0.39 is 11.5 Å². The third kappa shape index (κ3) is 2.83. The number of aromatic amines is 1. The van der Waals surface area contributed by atoms with Gasteiger partial charge in [-0.3, -0.25) is 14.4 Å². The van der Waals surface area contributed by atoms with Gasteiger partial charge in [0.05, 0.1) is 6.04 Å². The summed E-state index contributed by atoms with van der Waals surface area (Å²) in [5.41, 5.74) is 9.55. The van der Waals surface area contributed by atoms with E-state index in [1.165, 1.54) is 22.6 Å². The molecule has 0 fully saturated rings. The Bertz CT molecular complexity index is 1230. The van der Waals surface area contributed by atoms with Gasteiger partial charge in [-0.05, 0) is 71.7 Å². The molecule has 3 aromatic rings. The first-order valence-corrected chi connectivity index (χ1v) is 9.93. The Labute approximate surface area is 167 Å². The van der Waals surface area contributed by atoms with Crippen LogP contribution < -0.4 is 16.6 Å². The molecule has 2 aliphatic carbocycles. The molecule has 146 valence electrons. The first kappa shape index (κ1) is 17.7. The summed E-state index contributed by atoms with van der Waals surface area (Å²) in [5, 5.41) is 5.29. The van der Waals surface area contributed by atoms with Crippen molar-refractivity contribution in [3.05, 3.63) is 80.3 Å². The molecular formula is C23H21N3O3. The number of primary amides is 1. The molecule has 2 aliphatic rings. The second kappa shape index (κ2) is 6.58. The number of carbonyl (C=O) groups excluding carboxylic acids is 2. The van der Waals surface area contributed by atoms with E-state index in [1.54, 1.807) is 0 Å². The number of H-pyrrole nitrogens is 1. The lowest BCUT2D eigenvalue weighted by Crippen LogP contribution is -2.34. The highest BCUT2D eigenvalue weighted by atomic mass is 16.2. The van der Waals surface area contributed by atoms with E-state index in [2.05, 4.69) is 16.4 Å². The number of hydrogen-bond donors (Lipinski definition) is 3. The largest absolute Gasteiger partial charge is 0.365 e. The van der Waals surface area contributed by atoms with Crippen molar-refractivity contribution in [2.45, 2.75) is 38.1 Å². The lowest BCUT2D eigenvalue weighted by molar-refractivity contribution is 0.0934. The van der Waals surface area contributed by atoms with Gasteiger partial charge >= 0.3 is 0 Å². The summed E-state index contributed by atoms with van der Waals surface area (Å²) < 4.78 is 0. The van der Waals surface area contributed by atoms with Crippen molar-refractivity contribution in [1.29, 1.82) is 0 Å². The molecule has 6 nitrogen and oxygen atoms in total. The van der Waals surface area contributed by atoms with Gasteiger partial charge in [-0.2, -0.15) is 0 Å². The summed E-state index contributed by atoms with van der Waals surface area (Å²) in [7, 11) is 0. The van der Waals surface area contributed by atoms with E-state index in [9.17, 15) is 14.4 Å². The maximum atomic E-state index is 13.2. The third-order valence-electron chi connectivity index (χ3n) is 6.14. The van der Waals surface area contributed by atoms with Gasteiger partial charge in [0, 0.05) is 11.3 Å². The van der Waals surface area contributed by atoms with E-state index in [0.717, 1.165) is 42.3 Å². The SMILES string of the molecule is NC(=O)c1cc2c([nH]c1=O)CCC[C@@H]2NC(=O)c1ccc2c3c(cccc13)CC2. The van der Waals surface area contributed by atoms with Crippen molar-refractivity contribution in [1.82, 2.24) is 10.3 Å². The third-order valence-corrected chi connectivity index (χ3v) is 6.14. The van der Waals surface area contributed by atoms with Crippen LogP contribution in [0.5, 0.6) is 0 Å². The van der Waals surface area contributed by atoms with Gasteiger partial charge in [-0.25, -0.2) is 0 Å². The fourth-order valence-corrected chi connectivity index (χ4v) is 4.75. The zero-order chi connectivity index (χ0) is 20.1. The predicted molar refractivity (Wildman–Crippen MR) is 110 cm³/mol. The monoisotopic (exact) mass is 387 g/mol. The number of benzene rings is 2. The minimum absolute atomic E-state index is 0.0739. The average molecular weight is 387 g/mol. The number of rotatable bonds is 3. The zero-order valence-electron chi connectivity index (χ0n) is 15.9. The van der Waals surface area contributed by atoms with Crippen LogP contribution in [0.15, 0.2) is 41.2 Å². The molecule has 0 bridgehead atoms. The topological polar surface area (TPSA) is 105 Å². The van der Waals surface area contributed by atoms with Crippen molar-refractivity contribution in [2.24, 2.45) is 5.73 Å². The van der Waals surface area contributed by atoms with Gasteiger partial charge in [0.2, 0.25) is 0 Å². The molecule has 1 aromatic heterocycles. The first-order valence-electron chi connectivity index (χ1n) is 9.93. The summed E-state index contributed by atoms with van der Waals surface area (Å²) in [6.45, 7) is 0. The molecule has 4 N–H and O–H groups in total. The quantitative estimate of drug-likeness (QED) is 0.643. The highest BCUT2D eigenvalue weighted by Crippen LogP contribution is 2.34. The standard InChI is InChI=1S/C23H21N3O3/c24-21(27)17-11-16-18(5-2-6-19(16)26-23(17)29)25-22(28)15-10-9-13-8-7-12-3-1-4-14(15)20(12)13/h1,3-4,9-11,18H,2,5-8H2,(H2,24,27)(H,25,28)(H,26,29)/t18-/m0/s1. The van der Waals surface area contributed by atoms with Crippen molar-refractivity contribution < 1.29 is 9.59 Å². The lowest BCUT2D eigenvalue weighted by Gasteiger charge is -2.26. The predicted octanol–water partition coefficient (Wildman–Crippen LogP) is 2.53. The fourth-order valence-electron chi connectivity index (χ4n) is 4.75. The lowest BCUT2D eigenvalue weighted by atomic mass is 9.89. The molecule has 0 unspecified atom stereocenters. The second-order valence-corrected chi connectivity index (χ2v) is 7.84. The van der Waals surface area contributed by atoms with E-state index in [4.69, 9.17) is 5.73 Å². The van der Waals surface area contributed by atoms with Crippen LogP contribution in [0.4, 0.5) is 0 Å². The Morgan fingerprint density at radius 2 is 1.83 bits per heavy atom. The minimum Gasteiger partial charge on any atom is -0.365 e. The summed E-state index contributed by atoms with van der Waals surface area (Å²) in [4.78, 5) is 39.6. The van der Waals surface area contributed by atoms with Crippen LogP contribution in [0.2, 0.25) is 0 Å². The van der Waals surface area contributed by atoms with Crippen molar-refractivity contribution >= 4 is 22.6 Å². The van der Waals surface area contributed by atoms with Gasteiger partial charge in [0.25, 0.3) is 17.4 Å². The van der Waals surface area contributed by atoms with Crippen molar-refractivity contribution in [3.63, 3.8) is 0 Å². The molecule has 6 heteroatoms. The van der Waals surface area contributed by atoms with Gasteiger partial charge < -0.3 is 16.0 Å². The maximum Gasteiger partial charge on any atom is 0.261 e. The van der Waals surface area contributed by atoms with Crippen LogP contribution in [0.25, 0.3) is 10.8 Å². The summed E-state index contributed by atoms with van der Waals surface area (Å²) >= 11 is 0. The maximum absolute atomic E-state index is 13.2. The van der Waals surface area contributed by atoms with E-state index in [1.807, 2.05) is 24.3 Å². The smallest absolute Gasteiger partial charge is 0.261 e. The number of carbonyl (C=O) groups is 2. The zero-order valence-corrected chi connectivity index (χ0v) is 15.9. The fraction of sp³-hybridized carbons (Fsp3) is 0.261. The minimum atomic E-state index is -0.766. The normalized spacial score (nSPS) is 17.2. The highest BCUT2D eigenvalue weighted by molar-refractivity contribution is 6.09. The molecule has 0 aliphatic heterocycles. The van der Waals surface area contributed by atoms with Crippen LogP contribution in [0.3, 0.4) is 0 Å². The van der Waals surface area contributed by atoms with Gasteiger partial charge in [0.15, 0.2) is 0 Å². The Morgan fingerprint density at radius 1 is 1.03 bits per heavy atom. The van der Waals surface area contributed by atoms with Crippen molar-refractivity contribution in [3.8, 4) is 0 Å². The van der Waals surface area contributed by atoms with Gasteiger partial charge in [0.1, 0.15) is 5.56 Å². The number of amides is 2. The molecule has 5 rings (SSSR count). The van der Waals surface area contributed by atoms with E-state index in [-0.39, 0.29) is 17.5 Å². The second-order valence-electron chi connectivity index (χ2n) is 7.84. The Kier molecular flexibility index (Phi) is 4.01. The molecule has 29 heavy (non-hydrogen) atoms. The first-order chi connectivity index (χ1) is 14.0. The Balaban J connectivity index is 1.52. The molecule has 2 aromatic carbocycles. The summed E-state index contributed by atoms with van der Waals surface area (Å²) in [6.07, 6.45) is 4.31. The number of nitrogens with one attached hydrogen (secondary N) is 2. The van der Waals surface area contributed by atoms with Crippen LogP contribution in [0, 0.1) is 0 Å². The van der Waals surface area contributed by atoms with Crippen LogP contribution in [0.1, 0.15) is 62.0 Å². The Hall–Kier alpha value is -3.41. The number of aryl methyl sites for hydroxylation is 3. The van der Waals surface area contributed by atoms with Crippen LogP contribution in [-0.2, 0) is 19.3 Å². The molecule has 1 atom stereocenters.